The van der Waals surface area contributed by atoms with E-state index >= 15 is 0 Å². The van der Waals surface area contributed by atoms with E-state index in [4.69, 9.17) is 9.84 Å². The topological polar surface area (TPSA) is 58.6 Å². The lowest BCUT2D eigenvalue weighted by Crippen LogP contribution is -2.38. The average Bonchev–Trinajstić information content (AvgIpc) is 2.37. The fraction of sp³-hybridized carbons (Fsp3) is 0.500. The van der Waals surface area contributed by atoms with Gasteiger partial charge in [0.25, 0.3) is 0 Å². The first-order valence-electron chi connectivity index (χ1n) is 6.31. The summed E-state index contributed by atoms with van der Waals surface area (Å²) < 4.78 is 6.05. The second kappa shape index (κ2) is 7.50. The first kappa shape index (κ1) is 16.0. The monoisotopic (exact) mass is 329 g/mol. The first-order chi connectivity index (χ1) is 8.99. The van der Waals surface area contributed by atoms with Crippen molar-refractivity contribution in [2.24, 2.45) is 0 Å². The van der Waals surface area contributed by atoms with Crippen LogP contribution in [0.3, 0.4) is 0 Å². The number of hydrogen-bond acceptors (Lipinski definition) is 3. The Labute approximate surface area is 122 Å². The molecule has 0 radical (unpaired) electrons. The molecule has 0 saturated carbocycles. The molecular weight excluding hydrogens is 310 g/mol. The van der Waals surface area contributed by atoms with E-state index in [2.05, 4.69) is 21.2 Å². The van der Waals surface area contributed by atoms with Crippen LogP contribution in [0.5, 0.6) is 5.75 Å². The van der Waals surface area contributed by atoms with Crippen molar-refractivity contribution in [3.05, 3.63) is 28.2 Å². The Morgan fingerprint density at radius 3 is 2.68 bits per heavy atom. The molecule has 0 aliphatic heterocycles. The number of carboxylic acid groups (broad SMARTS) is 1. The van der Waals surface area contributed by atoms with Gasteiger partial charge in [-0.05, 0) is 31.0 Å². The first-order valence-corrected chi connectivity index (χ1v) is 7.11. The zero-order valence-electron chi connectivity index (χ0n) is 11.4. The van der Waals surface area contributed by atoms with Crippen molar-refractivity contribution in [1.29, 1.82) is 0 Å². The van der Waals surface area contributed by atoms with E-state index in [-0.39, 0.29) is 6.04 Å². The fourth-order valence-electron chi connectivity index (χ4n) is 1.94. The van der Waals surface area contributed by atoms with Crippen molar-refractivity contribution < 1.29 is 14.6 Å². The van der Waals surface area contributed by atoms with Crippen molar-refractivity contribution in [3.8, 4) is 5.75 Å². The maximum atomic E-state index is 11.1. The van der Waals surface area contributed by atoms with Gasteiger partial charge in [-0.15, -0.1) is 0 Å². The lowest BCUT2D eigenvalue weighted by molar-refractivity contribution is -0.139. The highest BCUT2D eigenvalue weighted by Gasteiger charge is 2.20. The number of ether oxygens (including phenoxy) is 1. The van der Waals surface area contributed by atoms with E-state index in [1.807, 2.05) is 32.0 Å². The number of carbonyl (C=O) groups is 1. The van der Waals surface area contributed by atoms with Gasteiger partial charge in [-0.1, -0.05) is 35.3 Å². The van der Waals surface area contributed by atoms with Gasteiger partial charge in [-0.3, -0.25) is 10.1 Å². The van der Waals surface area contributed by atoms with E-state index in [1.165, 1.54) is 0 Å². The Balaban J connectivity index is 2.81. The molecule has 0 heterocycles. The number of hydrogen-bond donors (Lipinski definition) is 2. The summed E-state index contributed by atoms with van der Waals surface area (Å²) in [4.78, 5) is 11.1. The van der Waals surface area contributed by atoms with Crippen molar-refractivity contribution in [2.45, 2.75) is 38.8 Å². The molecule has 0 saturated heterocycles. The SMILES string of the molecule is CCCC(NC(C)c1ccc(OC)cc1Br)C(=O)O. The van der Waals surface area contributed by atoms with Crippen LogP contribution < -0.4 is 10.1 Å². The third kappa shape index (κ3) is 4.51. The Kier molecular flexibility index (Phi) is 6.31. The Morgan fingerprint density at radius 1 is 1.53 bits per heavy atom. The predicted octanol–water partition coefficient (Wildman–Crippen LogP) is 3.36. The fourth-order valence-corrected chi connectivity index (χ4v) is 2.65. The summed E-state index contributed by atoms with van der Waals surface area (Å²) in [6.07, 6.45) is 1.45. The summed E-state index contributed by atoms with van der Waals surface area (Å²) in [5.41, 5.74) is 1.02. The molecule has 2 unspecified atom stereocenters. The predicted molar refractivity (Wildman–Crippen MR) is 78.6 cm³/mol. The molecule has 0 aliphatic rings. The average molecular weight is 330 g/mol. The smallest absolute Gasteiger partial charge is 0.320 e. The molecule has 5 heteroatoms. The van der Waals surface area contributed by atoms with Gasteiger partial charge in [0.15, 0.2) is 0 Å². The number of rotatable bonds is 7. The molecule has 106 valence electrons. The molecule has 1 rings (SSSR count). The van der Waals surface area contributed by atoms with Gasteiger partial charge in [0.2, 0.25) is 0 Å². The summed E-state index contributed by atoms with van der Waals surface area (Å²) >= 11 is 3.49. The molecule has 0 fully saturated rings. The maximum Gasteiger partial charge on any atom is 0.320 e. The zero-order chi connectivity index (χ0) is 14.4. The van der Waals surface area contributed by atoms with E-state index in [0.29, 0.717) is 6.42 Å². The van der Waals surface area contributed by atoms with Crippen LogP contribution in [0.15, 0.2) is 22.7 Å². The van der Waals surface area contributed by atoms with Gasteiger partial charge in [0, 0.05) is 10.5 Å². The van der Waals surface area contributed by atoms with Crippen LogP contribution in [0.4, 0.5) is 0 Å². The highest BCUT2D eigenvalue weighted by molar-refractivity contribution is 9.10. The van der Waals surface area contributed by atoms with Gasteiger partial charge in [-0.2, -0.15) is 0 Å². The second-order valence-corrected chi connectivity index (χ2v) is 5.31. The largest absolute Gasteiger partial charge is 0.497 e. The Hall–Kier alpha value is -1.07. The summed E-state index contributed by atoms with van der Waals surface area (Å²) in [5, 5.41) is 12.3. The van der Waals surface area contributed by atoms with Crippen LogP contribution in [0, 0.1) is 0 Å². The van der Waals surface area contributed by atoms with E-state index < -0.39 is 12.0 Å². The van der Waals surface area contributed by atoms with Gasteiger partial charge in [0.05, 0.1) is 7.11 Å². The molecule has 4 nitrogen and oxygen atoms in total. The molecule has 0 amide bonds. The van der Waals surface area contributed by atoms with Crippen LogP contribution in [0.25, 0.3) is 0 Å². The minimum Gasteiger partial charge on any atom is -0.497 e. The summed E-state index contributed by atoms with van der Waals surface area (Å²) in [5.74, 6) is -0.0375. The van der Waals surface area contributed by atoms with E-state index in [0.717, 1.165) is 22.2 Å². The van der Waals surface area contributed by atoms with Crippen LogP contribution in [-0.4, -0.2) is 24.2 Å². The molecular formula is C14H20BrNO3. The highest BCUT2D eigenvalue weighted by atomic mass is 79.9. The van der Waals surface area contributed by atoms with Crippen LogP contribution in [-0.2, 0) is 4.79 Å². The number of nitrogens with one attached hydrogen (secondary N) is 1. The molecule has 19 heavy (non-hydrogen) atoms. The number of carboxylic acids is 1. The lowest BCUT2D eigenvalue weighted by atomic mass is 10.1. The molecule has 0 bridgehead atoms. The van der Waals surface area contributed by atoms with Gasteiger partial charge in [-0.25, -0.2) is 0 Å². The number of benzene rings is 1. The zero-order valence-corrected chi connectivity index (χ0v) is 13.0. The van der Waals surface area contributed by atoms with E-state index in [9.17, 15) is 4.79 Å². The summed E-state index contributed by atoms with van der Waals surface area (Å²) in [6.45, 7) is 3.93. The third-order valence-electron chi connectivity index (χ3n) is 3.00. The normalized spacial score (nSPS) is 13.9. The number of halogens is 1. The quantitative estimate of drug-likeness (QED) is 0.805. The summed E-state index contributed by atoms with van der Waals surface area (Å²) in [6, 6.07) is 5.12. The molecule has 1 aromatic rings. The minimum absolute atomic E-state index is 0.0482. The van der Waals surface area contributed by atoms with Crippen LogP contribution >= 0.6 is 15.9 Å². The number of aliphatic carboxylic acids is 1. The molecule has 0 spiro atoms. The van der Waals surface area contributed by atoms with Gasteiger partial charge in [0.1, 0.15) is 11.8 Å². The standard InChI is InChI=1S/C14H20BrNO3/c1-4-5-13(14(17)18)16-9(2)11-7-6-10(19-3)8-12(11)15/h6-9,13,16H,4-5H2,1-3H3,(H,17,18). The summed E-state index contributed by atoms with van der Waals surface area (Å²) in [7, 11) is 1.62. The molecule has 2 atom stereocenters. The van der Waals surface area contributed by atoms with Gasteiger partial charge >= 0.3 is 5.97 Å². The van der Waals surface area contributed by atoms with Crippen molar-refractivity contribution >= 4 is 21.9 Å². The molecule has 1 aromatic carbocycles. The van der Waals surface area contributed by atoms with Crippen LogP contribution in [0.1, 0.15) is 38.3 Å². The second-order valence-electron chi connectivity index (χ2n) is 4.46. The maximum absolute atomic E-state index is 11.1. The Morgan fingerprint density at radius 2 is 2.21 bits per heavy atom. The van der Waals surface area contributed by atoms with Gasteiger partial charge < -0.3 is 9.84 Å². The molecule has 0 aromatic heterocycles. The molecule has 2 N–H and O–H groups in total. The number of methoxy groups -OCH3 is 1. The minimum atomic E-state index is -0.807. The van der Waals surface area contributed by atoms with E-state index in [1.54, 1.807) is 7.11 Å². The van der Waals surface area contributed by atoms with Crippen molar-refractivity contribution in [2.75, 3.05) is 7.11 Å². The highest BCUT2D eigenvalue weighted by Crippen LogP contribution is 2.28. The third-order valence-corrected chi connectivity index (χ3v) is 3.69. The van der Waals surface area contributed by atoms with Crippen molar-refractivity contribution in [3.63, 3.8) is 0 Å². The molecule has 0 aliphatic carbocycles. The lowest BCUT2D eigenvalue weighted by Gasteiger charge is -2.21. The Bertz CT molecular complexity index is 437. The van der Waals surface area contributed by atoms with Crippen molar-refractivity contribution in [1.82, 2.24) is 5.32 Å². The van der Waals surface area contributed by atoms with Crippen LogP contribution in [0.2, 0.25) is 0 Å².